The Kier molecular flexibility index (Phi) is 7.41. The van der Waals surface area contributed by atoms with Gasteiger partial charge in [-0.25, -0.2) is 20.9 Å². The summed E-state index contributed by atoms with van der Waals surface area (Å²) in [5.74, 6) is 0. The summed E-state index contributed by atoms with van der Waals surface area (Å²) in [4.78, 5) is 0. The lowest BCUT2D eigenvalue weighted by atomic mass is 10.8. The molecule has 0 aromatic carbocycles. The fourth-order valence-corrected chi connectivity index (χ4v) is 0. The number of halogens is 1. The molecule has 0 aromatic rings. The van der Waals surface area contributed by atoms with E-state index in [1.807, 2.05) is 0 Å². The maximum atomic E-state index is 9.18. The number of thiol groups is 1. The molecule has 4 radical (unpaired) electrons. The molecule has 0 saturated heterocycles. The Balaban J connectivity index is 0. The molecule has 0 amide bonds. The van der Waals surface area contributed by atoms with Gasteiger partial charge in [0.1, 0.15) is 0 Å². The highest BCUT2D eigenvalue weighted by molar-refractivity contribution is 8.30. The van der Waals surface area contributed by atoms with E-state index in [0.717, 1.165) is 0 Å². The lowest BCUT2D eigenvalue weighted by molar-refractivity contribution is 0.621. The lowest BCUT2D eigenvalue weighted by Crippen LogP contribution is -1.79. The summed E-state index contributed by atoms with van der Waals surface area (Å²) < 4.78 is 18.4. The minimum atomic E-state index is -3.69. The number of rotatable bonds is 0. The van der Waals surface area contributed by atoms with Crippen molar-refractivity contribution in [2.45, 2.75) is 0 Å². The second kappa shape index (κ2) is 4.87. The van der Waals surface area contributed by atoms with Gasteiger partial charge in [-0.1, -0.05) is 0 Å². The van der Waals surface area contributed by atoms with Gasteiger partial charge in [0.15, 0.2) is 16.0 Å². The molecule has 0 aliphatic rings. The SMILES string of the molecule is [B]S.[B]S(=O)(=O)Cl. The Morgan fingerprint density at radius 1 is 1.43 bits per heavy atom. The molecule has 0 aromatic heterocycles. The first kappa shape index (κ1) is 10.7. The summed E-state index contributed by atoms with van der Waals surface area (Å²) in [5.41, 5.74) is 0. The molecule has 0 spiro atoms. The molecule has 0 unspecified atom stereocenters. The molecule has 0 atom stereocenters. The van der Waals surface area contributed by atoms with Gasteiger partial charge in [-0.3, -0.25) is 0 Å². The van der Waals surface area contributed by atoms with Crippen LogP contribution in [0.1, 0.15) is 0 Å². The van der Waals surface area contributed by atoms with Gasteiger partial charge in [0.25, 0.3) is 7.12 Å². The molecule has 38 valence electrons. The summed E-state index contributed by atoms with van der Waals surface area (Å²) in [6.07, 6.45) is 0. The van der Waals surface area contributed by atoms with Gasteiger partial charge in [-0.05, 0) is 0 Å². The van der Waals surface area contributed by atoms with E-state index in [0.29, 0.717) is 0 Å². The van der Waals surface area contributed by atoms with Gasteiger partial charge < -0.3 is 0 Å². The second-order valence-electron chi connectivity index (χ2n) is 0.476. The largest absolute Gasteiger partial charge is 0.278 e. The molecule has 0 bridgehead atoms. The van der Waals surface area contributed by atoms with Crippen LogP contribution in [0, 0.1) is 0 Å². The van der Waals surface area contributed by atoms with Crippen molar-refractivity contribution in [3.8, 4) is 0 Å². The van der Waals surface area contributed by atoms with Crippen molar-refractivity contribution in [3.63, 3.8) is 0 Å². The van der Waals surface area contributed by atoms with E-state index in [-0.39, 0.29) is 0 Å². The molecular weight excluding hydrogens is 153 g/mol. The lowest BCUT2D eigenvalue weighted by Gasteiger charge is -1.65. The van der Waals surface area contributed by atoms with Gasteiger partial charge in [0.2, 0.25) is 0 Å². The van der Waals surface area contributed by atoms with Crippen molar-refractivity contribution < 1.29 is 8.42 Å². The second-order valence-corrected chi connectivity index (χ2v) is 2.72. The monoisotopic (exact) mass is 154 g/mol. The van der Waals surface area contributed by atoms with E-state index in [4.69, 9.17) is 0 Å². The number of hydrogen-bond donors (Lipinski definition) is 1. The summed E-state index contributed by atoms with van der Waals surface area (Å²) in [7, 11) is 8.87. The van der Waals surface area contributed by atoms with Crippen molar-refractivity contribution in [3.05, 3.63) is 0 Å². The first-order valence-electron chi connectivity index (χ1n) is 0.982. The van der Waals surface area contributed by atoms with Crippen LogP contribution >= 0.6 is 23.2 Å². The highest BCUT2D eigenvalue weighted by Gasteiger charge is 1.84. The van der Waals surface area contributed by atoms with Crippen LogP contribution in [0.3, 0.4) is 0 Å². The van der Waals surface area contributed by atoms with Crippen molar-refractivity contribution in [2.75, 3.05) is 0 Å². The van der Waals surface area contributed by atoms with Crippen molar-refractivity contribution in [2.24, 2.45) is 0 Å². The zero-order chi connectivity index (χ0) is 6.50. The average molecular weight is 154 g/mol. The van der Waals surface area contributed by atoms with E-state index >= 15 is 0 Å². The molecule has 0 aliphatic heterocycles. The highest BCUT2D eigenvalue weighted by atomic mass is 35.7. The Morgan fingerprint density at radius 3 is 1.43 bits per heavy atom. The van der Waals surface area contributed by atoms with E-state index in [9.17, 15) is 8.42 Å². The van der Waals surface area contributed by atoms with Gasteiger partial charge in [0.05, 0.1) is 0 Å². The van der Waals surface area contributed by atoms with Gasteiger partial charge in [-0.2, -0.15) is 0 Å². The minimum absolute atomic E-state index is 3.03. The normalized spacial score (nSPS) is 8.86. The maximum Gasteiger partial charge on any atom is 0.278 e. The molecule has 0 aliphatic carbocycles. The van der Waals surface area contributed by atoms with E-state index < -0.39 is 8.90 Å². The summed E-state index contributed by atoms with van der Waals surface area (Å²) in [5, 5.41) is 0. The Bertz CT molecular complexity index is 96.9. The minimum Gasteiger partial charge on any atom is -0.244 e. The molecule has 2 nitrogen and oxygen atoms in total. The third kappa shape index (κ3) is 289. The Hall–Kier alpha value is 0.720. The fraction of sp³-hybridized carbons (Fsp3) is 0. The van der Waals surface area contributed by atoms with Gasteiger partial charge in [-0.15, -0.1) is 0 Å². The third-order valence-electron chi connectivity index (χ3n) is 0. The van der Waals surface area contributed by atoms with Crippen LogP contribution in [0.5, 0.6) is 0 Å². The quantitative estimate of drug-likeness (QED) is 0.294. The van der Waals surface area contributed by atoms with Crippen LogP contribution in [0.4, 0.5) is 0 Å². The first-order valence-corrected chi connectivity index (χ1v) is 3.87. The van der Waals surface area contributed by atoms with E-state index in [1.165, 1.54) is 0 Å². The molecule has 0 N–H and O–H groups in total. The van der Waals surface area contributed by atoms with E-state index in [2.05, 4.69) is 37.4 Å². The highest BCUT2D eigenvalue weighted by Crippen LogP contribution is 1.81. The molecule has 0 heterocycles. The standard InChI is InChI=1S/BClO2S.BHS/c1-5(2,3)4;1-2/h;2H. The zero-order valence-corrected chi connectivity index (χ0v) is 5.67. The number of hydrogen-bond acceptors (Lipinski definition) is 3. The van der Waals surface area contributed by atoms with Crippen molar-refractivity contribution >= 4 is 46.3 Å². The Labute approximate surface area is 55.1 Å². The summed E-state index contributed by atoms with van der Waals surface area (Å²) in [6, 6.07) is 0. The first-order chi connectivity index (χ1) is 3.00. The smallest absolute Gasteiger partial charge is 0.244 e. The molecule has 0 fully saturated rings. The van der Waals surface area contributed by atoms with Crippen LogP contribution < -0.4 is 0 Å². The Morgan fingerprint density at radius 2 is 1.43 bits per heavy atom. The maximum absolute atomic E-state index is 9.18. The fourth-order valence-electron chi connectivity index (χ4n) is 0. The molecule has 0 saturated carbocycles. The summed E-state index contributed by atoms with van der Waals surface area (Å²) in [6.45, 7) is 0. The van der Waals surface area contributed by atoms with Crippen LogP contribution in [-0.4, -0.2) is 22.7 Å². The summed E-state index contributed by atoms with van der Waals surface area (Å²) >= 11 is 3.03. The van der Waals surface area contributed by atoms with Crippen molar-refractivity contribution in [1.82, 2.24) is 0 Å². The van der Waals surface area contributed by atoms with E-state index in [1.54, 1.807) is 0 Å². The molecular formula is HB2ClO2S2. The molecule has 7 heavy (non-hydrogen) atoms. The van der Waals surface area contributed by atoms with Crippen LogP contribution in [0.15, 0.2) is 0 Å². The third-order valence-corrected chi connectivity index (χ3v) is 0. The predicted molar refractivity (Wildman–Crippen MR) is 35.3 cm³/mol. The average Bonchev–Trinajstić information content (AvgIpc) is 1.36. The van der Waals surface area contributed by atoms with Crippen molar-refractivity contribution in [1.29, 1.82) is 0 Å². The molecule has 7 heteroatoms. The predicted octanol–water partition coefficient (Wildman–Crippen LogP) is -0.362. The zero-order valence-electron chi connectivity index (χ0n) is 3.20. The van der Waals surface area contributed by atoms with Crippen LogP contribution in [-0.2, 0) is 8.90 Å². The van der Waals surface area contributed by atoms with Gasteiger partial charge >= 0.3 is 0 Å². The van der Waals surface area contributed by atoms with Gasteiger partial charge in [0, 0.05) is 10.7 Å². The molecule has 0 rings (SSSR count). The van der Waals surface area contributed by atoms with Crippen LogP contribution in [0.2, 0.25) is 0 Å². The van der Waals surface area contributed by atoms with Crippen LogP contribution in [0.25, 0.3) is 0 Å². The topological polar surface area (TPSA) is 34.1 Å².